The molecule has 1 unspecified atom stereocenters. The van der Waals surface area contributed by atoms with Crippen molar-refractivity contribution in [3.63, 3.8) is 0 Å². The standard InChI is InChI=1S/C74H122O6/c1-4-7-10-13-16-19-22-25-27-29-30-31-32-33-34-35-36-37-38-39-40-41-42-43-44-46-47-49-52-55-58-61-64-67-73(76)79-70-71(69-78-72(75)66-63-60-57-54-51-24-21-18-15-12-9-6-3)80-74(77)68-65-62-59-56-53-50-48-45-28-26-23-20-17-14-11-8-5-2/h7-8,10-11,16-21,25-28,30-31,33-34,48,50,56,59,71H,4-6,9,12-15,22-24,29,32,35-47,49,51-55,57-58,60-70H2,1-3H3/b10-7-,11-8-,19-16-,20-17-,21-18-,27-25-,28-26-,31-30-,34-33-,50-48-,59-56-. The number of rotatable bonds is 59. The van der Waals surface area contributed by atoms with Gasteiger partial charge in [-0.25, -0.2) is 0 Å². The van der Waals surface area contributed by atoms with Gasteiger partial charge in [0.25, 0.3) is 0 Å². The topological polar surface area (TPSA) is 78.9 Å². The van der Waals surface area contributed by atoms with E-state index in [1.807, 2.05) is 0 Å². The van der Waals surface area contributed by atoms with Crippen LogP contribution < -0.4 is 0 Å². The maximum absolute atomic E-state index is 12.9. The van der Waals surface area contributed by atoms with E-state index in [-0.39, 0.29) is 37.5 Å². The molecule has 6 heteroatoms. The Balaban J connectivity index is 4.22. The lowest BCUT2D eigenvalue weighted by atomic mass is 10.0. The van der Waals surface area contributed by atoms with Gasteiger partial charge in [0.2, 0.25) is 0 Å². The lowest BCUT2D eigenvalue weighted by Crippen LogP contribution is -2.30. The molecule has 1 atom stereocenters. The molecule has 0 saturated heterocycles. The molecule has 0 amide bonds. The van der Waals surface area contributed by atoms with Crippen molar-refractivity contribution in [1.29, 1.82) is 0 Å². The van der Waals surface area contributed by atoms with Crippen LogP contribution in [0.1, 0.15) is 297 Å². The van der Waals surface area contributed by atoms with Gasteiger partial charge in [-0.1, -0.05) is 283 Å². The van der Waals surface area contributed by atoms with E-state index in [1.54, 1.807) is 0 Å². The summed E-state index contributed by atoms with van der Waals surface area (Å²) in [5, 5.41) is 0. The summed E-state index contributed by atoms with van der Waals surface area (Å²) in [5.41, 5.74) is 0. The maximum atomic E-state index is 12.9. The number of carbonyl (C=O) groups excluding carboxylic acids is 3. The average molecular weight is 1110 g/mol. The molecule has 0 bridgehead atoms. The van der Waals surface area contributed by atoms with Gasteiger partial charge in [-0.2, -0.15) is 0 Å². The zero-order valence-corrected chi connectivity index (χ0v) is 52.0. The minimum Gasteiger partial charge on any atom is -0.462 e. The summed E-state index contributed by atoms with van der Waals surface area (Å²) in [6.45, 7) is 6.34. The Morgan fingerprint density at radius 1 is 0.263 bits per heavy atom. The number of carbonyl (C=O) groups is 3. The van der Waals surface area contributed by atoms with Crippen LogP contribution in [0, 0.1) is 0 Å². The summed E-state index contributed by atoms with van der Waals surface area (Å²) < 4.78 is 16.8. The monoisotopic (exact) mass is 1110 g/mol. The average Bonchev–Trinajstić information content (AvgIpc) is 3.46. The second-order valence-electron chi connectivity index (χ2n) is 21.6. The number of ether oxygens (including phenoxy) is 3. The normalized spacial score (nSPS) is 13.0. The zero-order chi connectivity index (χ0) is 57.8. The number of unbranched alkanes of at least 4 members (excludes halogenated alkanes) is 26. The highest BCUT2D eigenvalue weighted by Gasteiger charge is 2.19. The summed E-state index contributed by atoms with van der Waals surface area (Å²) in [6, 6.07) is 0. The predicted molar refractivity (Wildman–Crippen MR) is 348 cm³/mol. The van der Waals surface area contributed by atoms with E-state index in [0.717, 1.165) is 122 Å². The lowest BCUT2D eigenvalue weighted by Gasteiger charge is -2.18. The first-order valence-corrected chi connectivity index (χ1v) is 33.2. The summed E-state index contributed by atoms with van der Waals surface area (Å²) in [6.07, 6.45) is 94.9. The first-order chi connectivity index (χ1) is 39.5. The van der Waals surface area contributed by atoms with Gasteiger partial charge in [-0.3, -0.25) is 14.4 Å². The fourth-order valence-corrected chi connectivity index (χ4v) is 8.97. The summed E-state index contributed by atoms with van der Waals surface area (Å²) in [4.78, 5) is 38.2. The van der Waals surface area contributed by atoms with Gasteiger partial charge in [-0.05, 0) is 128 Å². The second-order valence-corrected chi connectivity index (χ2v) is 21.6. The number of hydrogen-bond donors (Lipinski definition) is 0. The Bertz CT molecular complexity index is 1700. The van der Waals surface area contributed by atoms with Crippen molar-refractivity contribution < 1.29 is 28.6 Å². The van der Waals surface area contributed by atoms with Crippen LogP contribution in [0.25, 0.3) is 0 Å². The van der Waals surface area contributed by atoms with Gasteiger partial charge in [0.05, 0.1) is 0 Å². The molecule has 80 heavy (non-hydrogen) atoms. The molecule has 0 rings (SSSR count). The smallest absolute Gasteiger partial charge is 0.306 e. The van der Waals surface area contributed by atoms with Gasteiger partial charge in [-0.15, -0.1) is 0 Å². The van der Waals surface area contributed by atoms with Crippen molar-refractivity contribution in [2.24, 2.45) is 0 Å². The third-order valence-corrected chi connectivity index (χ3v) is 13.9. The molecule has 0 aliphatic heterocycles. The van der Waals surface area contributed by atoms with E-state index in [9.17, 15) is 14.4 Å². The van der Waals surface area contributed by atoms with Gasteiger partial charge in [0, 0.05) is 19.3 Å². The first-order valence-electron chi connectivity index (χ1n) is 33.2. The number of allylic oxidation sites excluding steroid dienone is 22. The molecule has 454 valence electrons. The maximum Gasteiger partial charge on any atom is 0.306 e. The van der Waals surface area contributed by atoms with Crippen LogP contribution in [0.4, 0.5) is 0 Å². The van der Waals surface area contributed by atoms with E-state index in [0.29, 0.717) is 19.3 Å². The van der Waals surface area contributed by atoms with Crippen LogP contribution in [0.3, 0.4) is 0 Å². The fourth-order valence-electron chi connectivity index (χ4n) is 8.97. The van der Waals surface area contributed by atoms with Crippen molar-refractivity contribution in [1.82, 2.24) is 0 Å². The largest absolute Gasteiger partial charge is 0.462 e. The van der Waals surface area contributed by atoms with E-state index < -0.39 is 6.10 Å². The highest BCUT2D eigenvalue weighted by atomic mass is 16.6. The second kappa shape index (κ2) is 67.1. The Morgan fingerprint density at radius 2 is 0.500 bits per heavy atom. The molecule has 0 N–H and O–H groups in total. The predicted octanol–water partition coefficient (Wildman–Crippen LogP) is 22.9. The molecule has 0 aromatic carbocycles. The molecule has 0 aromatic heterocycles. The van der Waals surface area contributed by atoms with Gasteiger partial charge >= 0.3 is 17.9 Å². The minimum atomic E-state index is -0.814. The highest BCUT2D eigenvalue weighted by molar-refractivity contribution is 5.71. The highest BCUT2D eigenvalue weighted by Crippen LogP contribution is 2.16. The molecule has 6 nitrogen and oxygen atoms in total. The molecule has 0 aliphatic rings. The van der Waals surface area contributed by atoms with Crippen molar-refractivity contribution >= 4 is 17.9 Å². The van der Waals surface area contributed by atoms with Gasteiger partial charge in [0.15, 0.2) is 6.10 Å². The van der Waals surface area contributed by atoms with E-state index in [2.05, 4.69) is 154 Å². The Kier molecular flexibility index (Phi) is 63.3. The van der Waals surface area contributed by atoms with Crippen LogP contribution in [-0.4, -0.2) is 37.2 Å². The molecule has 0 aromatic rings. The zero-order valence-electron chi connectivity index (χ0n) is 52.0. The fraction of sp³-hybridized carbons (Fsp3) is 0.662. The van der Waals surface area contributed by atoms with Crippen LogP contribution in [0.5, 0.6) is 0 Å². The Hall–Kier alpha value is -4.45. The van der Waals surface area contributed by atoms with Crippen LogP contribution >= 0.6 is 0 Å². The minimum absolute atomic E-state index is 0.104. The third-order valence-electron chi connectivity index (χ3n) is 13.9. The van der Waals surface area contributed by atoms with E-state index in [4.69, 9.17) is 14.2 Å². The quantitative estimate of drug-likeness (QED) is 0.0261. The van der Waals surface area contributed by atoms with Gasteiger partial charge < -0.3 is 14.2 Å². The van der Waals surface area contributed by atoms with Crippen molar-refractivity contribution in [2.45, 2.75) is 303 Å². The molecule has 0 spiro atoms. The number of hydrogen-bond acceptors (Lipinski definition) is 6. The van der Waals surface area contributed by atoms with E-state index >= 15 is 0 Å². The van der Waals surface area contributed by atoms with Crippen molar-refractivity contribution in [3.8, 4) is 0 Å². The van der Waals surface area contributed by atoms with E-state index in [1.165, 1.54) is 128 Å². The Morgan fingerprint density at radius 3 is 0.812 bits per heavy atom. The number of esters is 3. The molecule has 0 aliphatic carbocycles. The third kappa shape index (κ3) is 64.4. The lowest BCUT2D eigenvalue weighted by molar-refractivity contribution is -0.167. The van der Waals surface area contributed by atoms with Crippen molar-refractivity contribution in [3.05, 3.63) is 134 Å². The Labute approximate surface area is 494 Å². The molecule has 0 fully saturated rings. The van der Waals surface area contributed by atoms with Crippen LogP contribution in [0.2, 0.25) is 0 Å². The summed E-state index contributed by atoms with van der Waals surface area (Å²) in [7, 11) is 0. The van der Waals surface area contributed by atoms with Crippen LogP contribution in [0.15, 0.2) is 134 Å². The molecular formula is C74H122O6. The summed E-state index contributed by atoms with van der Waals surface area (Å²) >= 11 is 0. The summed E-state index contributed by atoms with van der Waals surface area (Å²) in [5.74, 6) is -0.968. The SMILES string of the molecule is CC/C=C\C/C=C\C/C=C\C/C=C\C/C=C\CCCCCCCCCCCCCCCCCCCC(=O)OCC(COC(=O)CCCCCCC/C=C\CCCCC)OC(=O)CCC/C=C\C/C=C\C/C=C\C/C=C\C/C=C\CC. The van der Waals surface area contributed by atoms with Crippen molar-refractivity contribution in [2.75, 3.05) is 13.2 Å². The molecule has 0 heterocycles. The first kappa shape index (κ1) is 75.5. The van der Waals surface area contributed by atoms with Crippen LogP contribution in [-0.2, 0) is 28.6 Å². The molecule has 0 radical (unpaired) electrons. The van der Waals surface area contributed by atoms with Gasteiger partial charge in [0.1, 0.15) is 13.2 Å². The molecular weight excluding hydrogens is 985 g/mol. The molecule has 0 saturated carbocycles.